The maximum absolute atomic E-state index is 12.3. The normalized spacial score (nSPS) is 18.0. The first kappa shape index (κ1) is 13.4. The minimum Gasteiger partial charge on any atom is -0.508 e. The number of phenolic OH excluding ortho intramolecular Hbond substituents is 1. The second-order valence-electron chi connectivity index (χ2n) is 5.90. The van der Waals surface area contributed by atoms with E-state index in [4.69, 9.17) is 0 Å². The predicted molar refractivity (Wildman–Crippen MR) is 77.3 cm³/mol. The summed E-state index contributed by atoms with van der Waals surface area (Å²) in [5.74, 6) is 0.491. The van der Waals surface area contributed by atoms with Gasteiger partial charge in [-0.3, -0.25) is 4.79 Å². The lowest BCUT2D eigenvalue weighted by Crippen LogP contribution is -2.34. The zero-order valence-electron chi connectivity index (χ0n) is 11.7. The molecule has 0 atom stereocenters. The van der Waals surface area contributed by atoms with Crippen LogP contribution in [0.25, 0.3) is 0 Å². The first-order chi connectivity index (χ1) is 9.72. The van der Waals surface area contributed by atoms with Crippen molar-refractivity contribution in [3.8, 4) is 5.75 Å². The first-order valence-electron chi connectivity index (χ1n) is 7.53. The Balaban J connectivity index is 1.55. The molecule has 4 heteroatoms. The number of carbonyl (C=O) groups is 1. The Labute approximate surface area is 119 Å². The van der Waals surface area contributed by atoms with Gasteiger partial charge >= 0.3 is 0 Å². The third kappa shape index (κ3) is 3.73. The smallest absolute Gasteiger partial charge is 0.224 e. The average Bonchev–Trinajstić information content (AvgIpc) is 3.28. The van der Waals surface area contributed by atoms with E-state index in [1.54, 1.807) is 12.1 Å². The molecular weight excluding hydrogens is 252 g/mol. The Morgan fingerprint density at radius 2 is 2.10 bits per heavy atom. The summed E-state index contributed by atoms with van der Waals surface area (Å²) in [6.07, 6.45) is 5.31. The largest absolute Gasteiger partial charge is 0.508 e. The molecule has 1 aromatic carbocycles. The van der Waals surface area contributed by atoms with Crippen LogP contribution in [0.4, 0.5) is 0 Å². The van der Waals surface area contributed by atoms with Gasteiger partial charge in [0.1, 0.15) is 5.75 Å². The molecule has 0 saturated heterocycles. The van der Waals surface area contributed by atoms with Gasteiger partial charge in [-0.25, -0.2) is 0 Å². The molecule has 0 radical (unpaired) electrons. The second-order valence-corrected chi connectivity index (χ2v) is 5.90. The highest BCUT2D eigenvalue weighted by atomic mass is 16.3. The molecule has 0 aliphatic heterocycles. The van der Waals surface area contributed by atoms with Gasteiger partial charge in [0.15, 0.2) is 0 Å². The number of carbonyl (C=O) groups excluding carboxylic acids is 1. The van der Waals surface area contributed by atoms with Crippen LogP contribution < -0.4 is 5.32 Å². The van der Waals surface area contributed by atoms with Crippen molar-refractivity contribution in [3.05, 3.63) is 29.8 Å². The molecule has 108 valence electrons. The van der Waals surface area contributed by atoms with E-state index in [0.717, 1.165) is 24.9 Å². The second kappa shape index (κ2) is 5.83. The lowest BCUT2D eigenvalue weighted by Gasteiger charge is -2.23. The third-order valence-corrected chi connectivity index (χ3v) is 3.92. The van der Waals surface area contributed by atoms with Crippen molar-refractivity contribution < 1.29 is 9.90 Å². The minimum atomic E-state index is 0.226. The number of phenols is 1. The van der Waals surface area contributed by atoms with Gasteiger partial charge < -0.3 is 15.3 Å². The van der Waals surface area contributed by atoms with E-state index >= 15 is 0 Å². The molecule has 0 spiro atoms. The van der Waals surface area contributed by atoms with Crippen LogP contribution in [-0.2, 0) is 11.3 Å². The van der Waals surface area contributed by atoms with Crippen LogP contribution >= 0.6 is 0 Å². The van der Waals surface area contributed by atoms with Crippen molar-refractivity contribution in [2.24, 2.45) is 0 Å². The van der Waals surface area contributed by atoms with Crippen molar-refractivity contribution in [1.29, 1.82) is 0 Å². The summed E-state index contributed by atoms with van der Waals surface area (Å²) in [5, 5.41) is 12.9. The van der Waals surface area contributed by atoms with Crippen LogP contribution in [0.3, 0.4) is 0 Å². The van der Waals surface area contributed by atoms with E-state index in [1.807, 2.05) is 17.0 Å². The van der Waals surface area contributed by atoms with Gasteiger partial charge in [0.2, 0.25) is 5.91 Å². The minimum absolute atomic E-state index is 0.226. The molecule has 0 aromatic heterocycles. The van der Waals surface area contributed by atoms with Crippen LogP contribution in [-0.4, -0.2) is 34.5 Å². The zero-order valence-corrected chi connectivity index (χ0v) is 11.7. The van der Waals surface area contributed by atoms with Gasteiger partial charge in [0.05, 0.1) is 0 Å². The summed E-state index contributed by atoms with van der Waals surface area (Å²) in [6.45, 7) is 1.40. The Morgan fingerprint density at radius 1 is 1.30 bits per heavy atom. The van der Waals surface area contributed by atoms with Crippen molar-refractivity contribution in [2.75, 3.05) is 6.54 Å². The maximum atomic E-state index is 12.3. The van der Waals surface area contributed by atoms with E-state index in [9.17, 15) is 9.90 Å². The molecule has 2 fully saturated rings. The van der Waals surface area contributed by atoms with Crippen LogP contribution in [0.5, 0.6) is 5.75 Å². The molecule has 1 aromatic rings. The molecule has 2 N–H and O–H groups in total. The van der Waals surface area contributed by atoms with Gasteiger partial charge in [-0.2, -0.15) is 0 Å². The van der Waals surface area contributed by atoms with Crippen molar-refractivity contribution >= 4 is 5.91 Å². The maximum Gasteiger partial charge on any atom is 0.224 e. The van der Waals surface area contributed by atoms with Gasteiger partial charge in [-0.05, 0) is 43.4 Å². The number of amides is 1. The fourth-order valence-corrected chi connectivity index (χ4v) is 2.47. The van der Waals surface area contributed by atoms with Crippen LogP contribution in [0, 0.1) is 0 Å². The molecule has 0 heterocycles. The SMILES string of the molecule is O=C(CCNC1CC1)N(Cc1cccc(O)c1)C1CC1. The lowest BCUT2D eigenvalue weighted by atomic mass is 10.2. The number of hydrogen-bond acceptors (Lipinski definition) is 3. The fourth-order valence-electron chi connectivity index (χ4n) is 2.47. The van der Waals surface area contributed by atoms with Crippen molar-refractivity contribution in [2.45, 2.75) is 50.7 Å². The topological polar surface area (TPSA) is 52.6 Å². The molecule has 3 rings (SSSR count). The van der Waals surface area contributed by atoms with E-state index < -0.39 is 0 Å². The highest BCUT2D eigenvalue weighted by Crippen LogP contribution is 2.29. The average molecular weight is 274 g/mol. The molecule has 0 unspecified atom stereocenters. The summed E-state index contributed by atoms with van der Waals surface area (Å²) < 4.78 is 0. The quantitative estimate of drug-likeness (QED) is 0.800. The number of aromatic hydroxyl groups is 1. The Morgan fingerprint density at radius 3 is 2.75 bits per heavy atom. The molecule has 4 nitrogen and oxygen atoms in total. The van der Waals surface area contributed by atoms with E-state index in [0.29, 0.717) is 25.0 Å². The summed E-state index contributed by atoms with van der Waals surface area (Å²) in [5.41, 5.74) is 1.00. The molecule has 2 aliphatic rings. The molecular formula is C16H22N2O2. The molecule has 20 heavy (non-hydrogen) atoms. The van der Waals surface area contributed by atoms with Crippen molar-refractivity contribution in [3.63, 3.8) is 0 Å². The number of hydrogen-bond donors (Lipinski definition) is 2. The molecule has 2 saturated carbocycles. The summed E-state index contributed by atoms with van der Waals surface area (Å²) in [6, 6.07) is 8.26. The van der Waals surface area contributed by atoms with E-state index in [1.165, 1.54) is 12.8 Å². The highest BCUT2D eigenvalue weighted by molar-refractivity contribution is 5.77. The summed E-state index contributed by atoms with van der Waals surface area (Å²) in [7, 11) is 0. The lowest BCUT2D eigenvalue weighted by molar-refractivity contribution is -0.132. The van der Waals surface area contributed by atoms with E-state index in [-0.39, 0.29) is 11.7 Å². The summed E-state index contributed by atoms with van der Waals surface area (Å²) >= 11 is 0. The van der Waals surface area contributed by atoms with Crippen LogP contribution in [0.2, 0.25) is 0 Å². The number of rotatable bonds is 7. The van der Waals surface area contributed by atoms with Gasteiger partial charge in [0, 0.05) is 31.6 Å². The first-order valence-corrected chi connectivity index (χ1v) is 7.53. The monoisotopic (exact) mass is 274 g/mol. The number of nitrogens with one attached hydrogen (secondary N) is 1. The molecule has 2 aliphatic carbocycles. The summed E-state index contributed by atoms with van der Waals surface area (Å²) in [4.78, 5) is 14.3. The van der Waals surface area contributed by atoms with Gasteiger partial charge in [-0.15, -0.1) is 0 Å². The van der Waals surface area contributed by atoms with Crippen LogP contribution in [0.1, 0.15) is 37.7 Å². The van der Waals surface area contributed by atoms with Crippen molar-refractivity contribution in [1.82, 2.24) is 10.2 Å². The third-order valence-electron chi connectivity index (χ3n) is 3.92. The fraction of sp³-hybridized carbons (Fsp3) is 0.562. The van der Waals surface area contributed by atoms with Crippen LogP contribution in [0.15, 0.2) is 24.3 Å². The highest BCUT2D eigenvalue weighted by Gasteiger charge is 2.32. The number of nitrogens with zero attached hydrogens (tertiary/aromatic N) is 1. The Kier molecular flexibility index (Phi) is 3.92. The van der Waals surface area contributed by atoms with Gasteiger partial charge in [0.25, 0.3) is 0 Å². The molecule has 0 bridgehead atoms. The zero-order chi connectivity index (χ0) is 13.9. The standard InChI is InChI=1S/C16H22N2O2/c19-15-3-1-2-12(10-15)11-18(14-6-7-14)16(20)8-9-17-13-4-5-13/h1-3,10,13-14,17,19H,4-9,11H2. The Hall–Kier alpha value is -1.55. The van der Waals surface area contributed by atoms with E-state index in [2.05, 4.69) is 5.32 Å². The Bertz CT molecular complexity index is 481. The van der Waals surface area contributed by atoms with Gasteiger partial charge in [-0.1, -0.05) is 12.1 Å². The predicted octanol–water partition coefficient (Wildman–Crippen LogP) is 2.03. The molecule has 1 amide bonds. The number of benzene rings is 1.